The van der Waals surface area contributed by atoms with Crippen LogP contribution in [0.25, 0.3) is 0 Å². The van der Waals surface area contributed by atoms with Crippen LogP contribution in [-0.2, 0) is 11.2 Å². The Morgan fingerprint density at radius 3 is 2.59 bits per heavy atom. The molecule has 0 spiro atoms. The van der Waals surface area contributed by atoms with E-state index in [0.29, 0.717) is 0 Å². The maximum atomic E-state index is 13.8. The molecule has 1 amide bonds. The molecule has 4 N–H and O–H groups in total. The minimum Gasteiger partial charge on any atom is -0.397 e. The fraction of sp³-hybridized carbons (Fsp3) is 0.381. The van der Waals surface area contributed by atoms with E-state index >= 15 is 0 Å². The third-order valence-electron chi connectivity index (χ3n) is 4.94. The van der Waals surface area contributed by atoms with Gasteiger partial charge in [-0.3, -0.25) is 4.79 Å². The van der Waals surface area contributed by atoms with E-state index in [9.17, 15) is 26.7 Å². The monoisotopic (exact) mass is 476 g/mol. The van der Waals surface area contributed by atoms with Gasteiger partial charge in [-0.25, -0.2) is 8.78 Å². The van der Waals surface area contributed by atoms with Gasteiger partial charge in [-0.1, -0.05) is 6.58 Å². The van der Waals surface area contributed by atoms with Gasteiger partial charge in [0.05, 0.1) is 17.9 Å². The maximum absolute atomic E-state index is 13.8. The first-order chi connectivity index (χ1) is 14.9. The number of piperazine rings is 1. The van der Waals surface area contributed by atoms with Crippen molar-refractivity contribution in [2.45, 2.75) is 25.1 Å². The van der Waals surface area contributed by atoms with Gasteiger partial charge in [-0.15, -0.1) is 0 Å². The second kappa shape index (κ2) is 10.9. The zero-order valence-electron chi connectivity index (χ0n) is 17.2. The molecule has 1 aliphatic heterocycles. The molecule has 11 heteroatoms. The summed E-state index contributed by atoms with van der Waals surface area (Å²) < 4.78 is 66.2. The smallest absolute Gasteiger partial charge is 0.397 e. The van der Waals surface area contributed by atoms with Crippen molar-refractivity contribution in [3.05, 3.63) is 70.4 Å². The fourth-order valence-electron chi connectivity index (χ4n) is 3.37. The molecule has 1 atom stereocenters. The highest BCUT2D eigenvalue weighted by Crippen LogP contribution is 2.25. The summed E-state index contributed by atoms with van der Waals surface area (Å²) in [6.45, 7) is 2.27. The Morgan fingerprint density at radius 1 is 1.28 bits per heavy atom. The Kier molecular flexibility index (Phi) is 8.73. The van der Waals surface area contributed by atoms with Crippen molar-refractivity contribution in [2.24, 2.45) is 11.5 Å². The molecule has 5 nitrogen and oxygen atoms in total. The zero-order valence-corrected chi connectivity index (χ0v) is 18.1. The third kappa shape index (κ3) is 7.27. The lowest BCUT2D eigenvalue weighted by atomic mass is 10.0. The van der Waals surface area contributed by atoms with E-state index in [2.05, 4.69) is 19.2 Å². The number of rotatable bonds is 7. The normalized spacial score (nSPS) is 17.6. The van der Waals surface area contributed by atoms with Gasteiger partial charge in [0.1, 0.15) is 18.2 Å². The molecule has 1 aromatic rings. The standard InChI is InChI=1S/C21H25F5N4OS/c1-13(4-7-32)20(28)18-11-29(5-6-30(18)12-21(24,25)26)19(31)10-16(27)9-14-8-15(22)2-3-17(14)23/h2-4,7-8,16,32H,1,5-6,9-12,27-28H2/b7-4-,20-18-. The SMILES string of the molecule is C=C(/C=C\S)/C(N)=C1\CN(C(=O)CC(N)Cc2cc(F)ccc2F)CCN1CC(F)(F)F. The zero-order chi connectivity index (χ0) is 24.1. The minimum absolute atomic E-state index is 0.0168. The molecule has 0 bridgehead atoms. The lowest BCUT2D eigenvalue weighted by Gasteiger charge is -2.39. The summed E-state index contributed by atoms with van der Waals surface area (Å²) in [6.07, 6.45) is -3.30. The molecule has 0 aromatic heterocycles. The van der Waals surface area contributed by atoms with Gasteiger partial charge in [0.25, 0.3) is 0 Å². The summed E-state index contributed by atoms with van der Waals surface area (Å²) in [6, 6.07) is 2.16. The number of hydrogen-bond acceptors (Lipinski definition) is 5. The quantitative estimate of drug-likeness (QED) is 0.321. The van der Waals surface area contributed by atoms with Crippen molar-refractivity contribution in [1.82, 2.24) is 9.80 Å². The summed E-state index contributed by atoms with van der Waals surface area (Å²) in [5.41, 5.74) is 12.4. The van der Waals surface area contributed by atoms with Crippen LogP contribution in [0.3, 0.4) is 0 Å². The van der Waals surface area contributed by atoms with E-state index in [0.717, 1.165) is 23.1 Å². The molecule has 1 aliphatic rings. The number of carbonyl (C=O) groups is 1. The number of hydrogen-bond donors (Lipinski definition) is 3. The Morgan fingerprint density at radius 2 is 1.97 bits per heavy atom. The third-order valence-corrected chi connectivity index (χ3v) is 5.09. The average Bonchev–Trinajstić information content (AvgIpc) is 2.69. The lowest BCUT2D eigenvalue weighted by molar-refractivity contribution is -0.146. The number of benzene rings is 1. The van der Waals surface area contributed by atoms with E-state index < -0.39 is 36.3 Å². The van der Waals surface area contributed by atoms with Gasteiger partial charge >= 0.3 is 6.18 Å². The van der Waals surface area contributed by atoms with Crippen molar-refractivity contribution < 1.29 is 26.7 Å². The molecular formula is C21H25F5N4OS. The van der Waals surface area contributed by atoms with E-state index in [4.69, 9.17) is 11.5 Å². The van der Waals surface area contributed by atoms with E-state index in [1.54, 1.807) is 0 Å². The Labute approximate surface area is 188 Å². The van der Waals surface area contributed by atoms with Gasteiger partial charge in [0.15, 0.2) is 0 Å². The van der Waals surface area contributed by atoms with Crippen LogP contribution in [0.1, 0.15) is 12.0 Å². The van der Waals surface area contributed by atoms with Crippen LogP contribution in [-0.4, -0.2) is 54.1 Å². The summed E-state index contributed by atoms with van der Waals surface area (Å²) in [7, 11) is 0. The van der Waals surface area contributed by atoms with Crippen LogP contribution in [0, 0.1) is 11.6 Å². The molecule has 2 rings (SSSR count). The first-order valence-corrected chi connectivity index (χ1v) is 10.2. The van der Waals surface area contributed by atoms with Gasteiger partial charge in [-0.05, 0) is 47.2 Å². The maximum Gasteiger partial charge on any atom is 0.405 e. The number of halogens is 5. The average molecular weight is 477 g/mol. The molecule has 0 aliphatic carbocycles. The number of thiol groups is 1. The second-order valence-corrected chi connectivity index (χ2v) is 7.76. The highest BCUT2D eigenvalue weighted by Gasteiger charge is 2.36. The molecular weight excluding hydrogens is 451 g/mol. The largest absolute Gasteiger partial charge is 0.405 e. The van der Waals surface area contributed by atoms with Gasteiger partial charge in [0, 0.05) is 25.6 Å². The van der Waals surface area contributed by atoms with Crippen molar-refractivity contribution in [3.63, 3.8) is 0 Å². The van der Waals surface area contributed by atoms with Crippen LogP contribution in [0.4, 0.5) is 22.0 Å². The predicted octanol–water partition coefficient (Wildman–Crippen LogP) is 3.10. The molecule has 1 aromatic carbocycles. The molecule has 0 radical (unpaired) electrons. The molecule has 32 heavy (non-hydrogen) atoms. The van der Waals surface area contributed by atoms with E-state index in [1.165, 1.54) is 16.4 Å². The number of amides is 1. The van der Waals surface area contributed by atoms with Crippen molar-refractivity contribution >= 4 is 18.5 Å². The van der Waals surface area contributed by atoms with Gasteiger partial charge in [-0.2, -0.15) is 25.8 Å². The number of alkyl halides is 3. The Balaban J connectivity index is 2.14. The van der Waals surface area contributed by atoms with E-state index in [-0.39, 0.29) is 55.0 Å². The fourth-order valence-corrected chi connectivity index (χ4v) is 3.55. The number of carbonyl (C=O) groups excluding carboxylic acids is 1. The van der Waals surface area contributed by atoms with Crippen molar-refractivity contribution in [3.8, 4) is 0 Å². The van der Waals surface area contributed by atoms with Crippen LogP contribution in [0.5, 0.6) is 0 Å². The van der Waals surface area contributed by atoms with Crippen LogP contribution in [0.2, 0.25) is 0 Å². The first-order valence-electron chi connectivity index (χ1n) is 9.69. The number of nitrogens with two attached hydrogens (primary N) is 2. The Hall–Kier alpha value is -2.53. The topological polar surface area (TPSA) is 75.6 Å². The molecule has 176 valence electrons. The predicted molar refractivity (Wildman–Crippen MR) is 115 cm³/mol. The lowest BCUT2D eigenvalue weighted by Crippen LogP contribution is -2.51. The van der Waals surface area contributed by atoms with E-state index in [1.807, 2.05) is 0 Å². The van der Waals surface area contributed by atoms with Crippen LogP contribution in [0.15, 0.2) is 53.2 Å². The highest BCUT2D eigenvalue weighted by molar-refractivity contribution is 7.83. The van der Waals surface area contributed by atoms with Crippen molar-refractivity contribution in [1.29, 1.82) is 0 Å². The molecule has 1 heterocycles. The molecule has 1 fully saturated rings. The molecule has 1 unspecified atom stereocenters. The van der Waals surface area contributed by atoms with Crippen molar-refractivity contribution in [2.75, 3.05) is 26.2 Å². The second-order valence-electron chi connectivity index (χ2n) is 7.46. The first kappa shape index (κ1) is 25.7. The highest BCUT2D eigenvalue weighted by atomic mass is 32.1. The summed E-state index contributed by atoms with van der Waals surface area (Å²) in [5, 5.41) is 1.35. The van der Waals surface area contributed by atoms with Crippen LogP contribution < -0.4 is 11.5 Å². The molecule has 0 saturated carbocycles. The number of allylic oxidation sites excluding steroid dienone is 1. The molecule has 1 saturated heterocycles. The Bertz CT molecular complexity index is 916. The minimum atomic E-state index is -4.46. The van der Waals surface area contributed by atoms with Gasteiger partial charge in [0.2, 0.25) is 5.91 Å². The summed E-state index contributed by atoms with van der Waals surface area (Å²) >= 11 is 3.91. The van der Waals surface area contributed by atoms with Crippen LogP contribution >= 0.6 is 12.6 Å². The van der Waals surface area contributed by atoms with Gasteiger partial charge < -0.3 is 21.3 Å². The summed E-state index contributed by atoms with van der Waals surface area (Å²) in [5.74, 6) is -1.69. The summed E-state index contributed by atoms with van der Waals surface area (Å²) in [4.78, 5) is 15.1. The number of nitrogens with zero attached hydrogens (tertiary/aromatic N) is 2.